The molecule has 0 bridgehead atoms. The molecule has 1 saturated carbocycles. The van der Waals surface area contributed by atoms with Crippen LogP contribution < -0.4 is 16.0 Å². The van der Waals surface area contributed by atoms with Gasteiger partial charge < -0.3 is 16.0 Å². The molecule has 1 aliphatic rings. The lowest BCUT2D eigenvalue weighted by Crippen LogP contribution is -2.24. The predicted octanol–water partition coefficient (Wildman–Crippen LogP) is 3.83. The Morgan fingerprint density at radius 1 is 1.04 bits per heavy atom. The third-order valence-electron chi connectivity index (χ3n) is 4.04. The van der Waals surface area contributed by atoms with Crippen LogP contribution in [0.2, 0.25) is 5.02 Å². The van der Waals surface area contributed by atoms with E-state index >= 15 is 0 Å². The fraction of sp³-hybridized carbons (Fsp3) is 0.222. The van der Waals surface area contributed by atoms with Crippen molar-refractivity contribution in [3.8, 4) is 0 Å². The number of benzene rings is 2. The van der Waals surface area contributed by atoms with E-state index in [-0.39, 0.29) is 23.8 Å². The first kappa shape index (κ1) is 16.3. The van der Waals surface area contributed by atoms with E-state index in [9.17, 15) is 9.59 Å². The Balaban J connectivity index is 1.61. The first-order valence-corrected chi connectivity index (χ1v) is 8.10. The summed E-state index contributed by atoms with van der Waals surface area (Å²) in [7, 11) is 1.55. The van der Waals surface area contributed by atoms with E-state index in [1.165, 1.54) is 0 Å². The maximum absolute atomic E-state index is 12.4. The number of halogens is 1. The lowest BCUT2D eigenvalue weighted by molar-refractivity contribution is -0.117. The maximum Gasteiger partial charge on any atom is 0.318 e. The Bertz CT molecular complexity index is 761. The molecule has 0 spiro atoms. The first-order chi connectivity index (χ1) is 11.6. The van der Waals surface area contributed by atoms with Crippen LogP contribution in [0.1, 0.15) is 17.9 Å². The number of amides is 3. The summed E-state index contributed by atoms with van der Waals surface area (Å²) >= 11 is 5.89. The molecular weight excluding hydrogens is 326 g/mol. The molecule has 0 unspecified atom stereocenters. The summed E-state index contributed by atoms with van der Waals surface area (Å²) < 4.78 is 0. The van der Waals surface area contributed by atoms with Gasteiger partial charge in [0.25, 0.3) is 0 Å². The Morgan fingerprint density at radius 2 is 1.71 bits per heavy atom. The average Bonchev–Trinajstić information content (AvgIpc) is 3.36. The molecule has 5 nitrogen and oxygen atoms in total. The monoisotopic (exact) mass is 343 g/mol. The quantitative estimate of drug-likeness (QED) is 0.789. The molecule has 1 aliphatic carbocycles. The molecule has 0 aliphatic heterocycles. The highest BCUT2D eigenvalue weighted by atomic mass is 35.5. The van der Waals surface area contributed by atoms with Crippen molar-refractivity contribution in [2.45, 2.75) is 12.3 Å². The lowest BCUT2D eigenvalue weighted by Gasteiger charge is -2.08. The Kier molecular flexibility index (Phi) is 4.71. The fourth-order valence-corrected chi connectivity index (χ4v) is 2.79. The zero-order chi connectivity index (χ0) is 17.1. The van der Waals surface area contributed by atoms with E-state index in [2.05, 4.69) is 16.0 Å². The van der Waals surface area contributed by atoms with Crippen molar-refractivity contribution in [3.05, 3.63) is 59.1 Å². The van der Waals surface area contributed by atoms with Crippen molar-refractivity contribution in [1.29, 1.82) is 0 Å². The highest BCUT2D eigenvalue weighted by Crippen LogP contribution is 2.48. The Labute approximate surface area is 145 Å². The molecule has 2 aromatic rings. The standard InChI is InChI=1S/C18H18ClN3O2/c1-20-18(24)22-14-4-2-3-13(9-14)21-17(23)16-10-15(16)11-5-7-12(19)8-6-11/h2-9,15-16H,10H2,1H3,(H,21,23)(H2,20,22,24)/t15-,16-/m0/s1. The van der Waals surface area contributed by atoms with E-state index in [1.807, 2.05) is 24.3 Å². The highest BCUT2D eigenvalue weighted by molar-refractivity contribution is 6.30. The molecule has 0 aromatic heterocycles. The number of urea groups is 1. The van der Waals surface area contributed by atoms with Crippen LogP contribution >= 0.6 is 11.6 Å². The number of carbonyl (C=O) groups is 2. The molecule has 0 radical (unpaired) electrons. The predicted molar refractivity (Wildman–Crippen MR) is 95.5 cm³/mol. The van der Waals surface area contributed by atoms with Crippen LogP contribution in [-0.4, -0.2) is 19.0 Å². The molecule has 6 heteroatoms. The molecule has 124 valence electrons. The van der Waals surface area contributed by atoms with Crippen molar-refractivity contribution < 1.29 is 9.59 Å². The number of rotatable bonds is 4. The molecule has 0 saturated heterocycles. The first-order valence-electron chi connectivity index (χ1n) is 7.72. The minimum absolute atomic E-state index is 0.00737. The molecule has 3 N–H and O–H groups in total. The van der Waals surface area contributed by atoms with E-state index in [0.29, 0.717) is 16.4 Å². The SMILES string of the molecule is CNC(=O)Nc1cccc(NC(=O)[C@H]2C[C@H]2c2ccc(Cl)cc2)c1. The third kappa shape index (κ3) is 3.86. The van der Waals surface area contributed by atoms with Crippen LogP contribution in [0.25, 0.3) is 0 Å². The number of hydrogen-bond donors (Lipinski definition) is 3. The topological polar surface area (TPSA) is 70.2 Å². The Morgan fingerprint density at radius 3 is 2.38 bits per heavy atom. The van der Waals surface area contributed by atoms with Gasteiger partial charge >= 0.3 is 6.03 Å². The third-order valence-corrected chi connectivity index (χ3v) is 4.29. The van der Waals surface area contributed by atoms with Gasteiger partial charge in [0.15, 0.2) is 0 Å². The second kappa shape index (κ2) is 6.93. The summed E-state index contributed by atoms with van der Waals surface area (Å²) in [5, 5.41) is 8.76. The summed E-state index contributed by atoms with van der Waals surface area (Å²) in [5.74, 6) is 0.211. The number of anilines is 2. The average molecular weight is 344 g/mol. The van der Waals surface area contributed by atoms with Crippen molar-refractivity contribution in [2.24, 2.45) is 5.92 Å². The van der Waals surface area contributed by atoms with E-state index in [4.69, 9.17) is 11.6 Å². The molecule has 3 amide bonds. The molecule has 1 fully saturated rings. The van der Waals surface area contributed by atoms with Gasteiger partial charge in [-0.25, -0.2) is 4.79 Å². The summed E-state index contributed by atoms with van der Waals surface area (Å²) in [6.07, 6.45) is 0.837. The molecular formula is C18H18ClN3O2. The van der Waals surface area contributed by atoms with Gasteiger partial charge in [-0.3, -0.25) is 4.79 Å². The molecule has 3 rings (SSSR count). The van der Waals surface area contributed by atoms with Gasteiger partial charge in [0.2, 0.25) is 5.91 Å². The van der Waals surface area contributed by atoms with Crippen LogP contribution in [0, 0.1) is 5.92 Å². The smallest absolute Gasteiger partial charge is 0.318 e. The minimum atomic E-state index is -0.302. The van der Waals surface area contributed by atoms with Crippen LogP contribution in [0.15, 0.2) is 48.5 Å². The number of hydrogen-bond acceptors (Lipinski definition) is 2. The summed E-state index contributed by atoms with van der Waals surface area (Å²) in [6.45, 7) is 0. The van der Waals surface area contributed by atoms with E-state index < -0.39 is 0 Å². The highest BCUT2D eigenvalue weighted by Gasteiger charge is 2.43. The van der Waals surface area contributed by atoms with Crippen molar-refractivity contribution in [2.75, 3.05) is 17.7 Å². The largest absolute Gasteiger partial charge is 0.341 e. The van der Waals surface area contributed by atoms with Crippen LogP contribution in [0.4, 0.5) is 16.2 Å². The second-order valence-electron chi connectivity index (χ2n) is 5.77. The van der Waals surface area contributed by atoms with Gasteiger partial charge in [0, 0.05) is 29.4 Å². The van der Waals surface area contributed by atoms with E-state index in [0.717, 1.165) is 12.0 Å². The zero-order valence-corrected chi connectivity index (χ0v) is 13.9. The van der Waals surface area contributed by atoms with E-state index in [1.54, 1.807) is 31.3 Å². The molecule has 2 atom stereocenters. The van der Waals surface area contributed by atoms with Gasteiger partial charge in [-0.15, -0.1) is 0 Å². The maximum atomic E-state index is 12.4. The lowest BCUT2D eigenvalue weighted by atomic mass is 10.1. The van der Waals surface area contributed by atoms with Crippen molar-refractivity contribution >= 4 is 34.9 Å². The minimum Gasteiger partial charge on any atom is -0.341 e. The van der Waals surface area contributed by atoms with Crippen molar-refractivity contribution in [1.82, 2.24) is 5.32 Å². The van der Waals surface area contributed by atoms with Gasteiger partial charge in [0.05, 0.1) is 0 Å². The van der Waals surface area contributed by atoms with Gasteiger partial charge in [0.1, 0.15) is 0 Å². The molecule has 24 heavy (non-hydrogen) atoms. The van der Waals surface area contributed by atoms with Crippen molar-refractivity contribution in [3.63, 3.8) is 0 Å². The summed E-state index contributed by atoms with van der Waals surface area (Å²) in [4.78, 5) is 23.7. The van der Waals surface area contributed by atoms with Crippen LogP contribution in [0.5, 0.6) is 0 Å². The number of carbonyl (C=O) groups excluding carboxylic acids is 2. The fourth-order valence-electron chi connectivity index (χ4n) is 2.67. The Hall–Kier alpha value is -2.53. The molecule has 0 heterocycles. The second-order valence-corrected chi connectivity index (χ2v) is 6.21. The van der Waals surface area contributed by atoms with Crippen LogP contribution in [0.3, 0.4) is 0 Å². The molecule has 2 aromatic carbocycles. The van der Waals surface area contributed by atoms with Gasteiger partial charge in [-0.2, -0.15) is 0 Å². The number of nitrogens with one attached hydrogen (secondary N) is 3. The van der Waals surface area contributed by atoms with Gasteiger partial charge in [-0.05, 0) is 48.2 Å². The zero-order valence-electron chi connectivity index (χ0n) is 13.2. The summed E-state index contributed by atoms with van der Waals surface area (Å²) in [6, 6.07) is 14.4. The van der Waals surface area contributed by atoms with Crippen LogP contribution in [-0.2, 0) is 4.79 Å². The normalized spacial score (nSPS) is 18.6. The summed E-state index contributed by atoms with van der Waals surface area (Å²) in [5.41, 5.74) is 2.42. The van der Waals surface area contributed by atoms with Gasteiger partial charge in [-0.1, -0.05) is 29.8 Å².